The molecule has 0 spiro atoms. The molecule has 1 saturated heterocycles. The second-order valence-electron chi connectivity index (χ2n) is 6.91. The molecule has 1 aromatic heterocycles. The summed E-state index contributed by atoms with van der Waals surface area (Å²) >= 11 is 0. The highest BCUT2D eigenvalue weighted by atomic mass is 16.5. The van der Waals surface area contributed by atoms with E-state index in [0.717, 1.165) is 68.6 Å². The quantitative estimate of drug-likeness (QED) is 0.624. The van der Waals surface area contributed by atoms with E-state index in [9.17, 15) is 0 Å². The van der Waals surface area contributed by atoms with E-state index in [1.54, 1.807) is 0 Å². The standard InChI is InChI=1S/C21H30N4O2/c1-4-22-21(23-13-10-20-16(2)24-27-17(20)3)25-14-11-19(12-15-25)26-18-8-6-5-7-9-18/h5-9,19H,4,10-15H2,1-3H3,(H,22,23). The molecule has 146 valence electrons. The molecule has 0 aliphatic carbocycles. The maximum atomic E-state index is 6.10. The molecule has 3 rings (SSSR count). The molecular formula is C21H30N4O2. The first-order valence-electron chi connectivity index (χ1n) is 9.84. The zero-order chi connectivity index (χ0) is 19.1. The van der Waals surface area contributed by atoms with Crippen molar-refractivity contribution in [1.29, 1.82) is 0 Å². The number of hydrogen-bond acceptors (Lipinski definition) is 4. The van der Waals surface area contributed by atoms with E-state index in [-0.39, 0.29) is 6.10 Å². The molecule has 2 heterocycles. The molecule has 0 radical (unpaired) electrons. The minimum absolute atomic E-state index is 0.272. The first kappa shape index (κ1) is 19.3. The van der Waals surface area contributed by atoms with E-state index in [0.29, 0.717) is 0 Å². The molecule has 1 aromatic carbocycles. The molecule has 27 heavy (non-hydrogen) atoms. The minimum atomic E-state index is 0.272. The van der Waals surface area contributed by atoms with Gasteiger partial charge in [0.1, 0.15) is 17.6 Å². The van der Waals surface area contributed by atoms with E-state index >= 15 is 0 Å². The number of piperidine rings is 1. The molecule has 1 N–H and O–H groups in total. The van der Waals surface area contributed by atoms with Gasteiger partial charge in [-0.3, -0.25) is 4.99 Å². The number of aryl methyl sites for hydroxylation is 2. The van der Waals surface area contributed by atoms with Gasteiger partial charge in [0.15, 0.2) is 5.96 Å². The molecule has 0 bridgehead atoms. The summed E-state index contributed by atoms with van der Waals surface area (Å²) in [4.78, 5) is 7.16. The summed E-state index contributed by atoms with van der Waals surface area (Å²) in [7, 11) is 0. The lowest BCUT2D eigenvalue weighted by Gasteiger charge is -2.34. The fraction of sp³-hybridized carbons (Fsp3) is 0.524. The maximum absolute atomic E-state index is 6.10. The second-order valence-corrected chi connectivity index (χ2v) is 6.91. The molecule has 0 unspecified atom stereocenters. The molecule has 6 heteroatoms. The molecule has 0 amide bonds. The van der Waals surface area contributed by atoms with Gasteiger partial charge in [0.05, 0.1) is 5.69 Å². The smallest absolute Gasteiger partial charge is 0.193 e. The Kier molecular flexibility index (Phi) is 6.74. The number of aromatic nitrogens is 1. The zero-order valence-electron chi connectivity index (χ0n) is 16.6. The number of likely N-dealkylation sites (tertiary alicyclic amines) is 1. The second kappa shape index (κ2) is 9.44. The van der Waals surface area contributed by atoms with Gasteiger partial charge >= 0.3 is 0 Å². The van der Waals surface area contributed by atoms with Crippen LogP contribution in [0.3, 0.4) is 0 Å². The number of guanidine groups is 1. The van der Waals surface area contributed by atoms with Gasteiger partial charge in [-0.05, 0) is 39.3 Å². The lowest BCUT2D eigenvalue weighted by molar-refractivity contribution is 0.129. The van der Waals surface area contributed by atoms with Crippen LogP contribution in [0.25, 0.3) is 0 Å². The average molecular weight is 370 g/mol. The van der Waals surface area contributed by atoms with Gasteiger partial charge < -0.3 is 19.5 Å². The lowest BCUT2D eigenvalue weighted by Crippen LogP contribution is -2.47. The van der Waals surface area contributed by atoms with E-state index < -0.39 is 0 Å². The third-order valence-electron chi connectivity index (χ3n) is 4.93. The van der Waals surface area contributed by atoms with Gasteiger partial charge in [0.2, 0.25) is 0 Å². The van der Waals surface area contributed by atoms with Crippen LogP contribution in [0.5, 0.6) is 5.75 Å². The van der Waals surface area contributed by atoms with Crippen molar-refractivity contribution in [2.75, 3.05) is 26.2 Å². The number of nitrogens with one attached hydrogen (secondary N) is 1. The normalized spacial score (nSPS) is 15.8. The van der Waals surface area contributed by atoms with Crippen LogP contribution in [0.15, 0.2) is 39.8 Å². The Balaban J connectivity index is 1.53. The van der Waals surface area contributed by atoms with Gasteiger partial charge in [0, 0.05) is 44.6 Å². The molecule has 0 saturated carbocycles. The predicted molar refractivity (Wildman–Crippen MR) is 107 cm³/mol. The highest BCUT2D eigenvalue weighted by Gasteiger charge is 2.22. The third-order valence-corrected chi connectivity index (χ3v) is 4.93. The lowest BCUT2D eigenvalue weighted by atomic mass is 10.1. The van der Waals surface area contributed by atoms with Crippen LogP contribution in [-0.2, 0) is 6.42 Å². The largest absolute Gasteiger partial charge is 0.490 e. The Labute approximate surface area is 161 Å². The Morgan fingerprint density at radius 1 is 1.26 bits per heavy atom. The molecule has 6 nitrogen and oxygen atoms in total. The molecule has 1 aliphatic rings. The summed E-state index contributed by atoms with van der Waals surface area (Å²) in [6, 6.07) is 10.1. The highest BCUT2D eigenvalue weighted by molar-refractivity contribution is 5.80. The van der Waals surface area contributed by atoms with Crippen molar-refractivity contribution in [2.45, 2.75) is 46.1 Å². The summed E-state index contributed by atoms with van der Waals surface area (Å²) in [6.07, 6.45) is 3.13. The summed E-state index contributed by atoms with van der Waals surface area (Å²) in [5.41, 5.74) is 2.14. The summed E-state index contributed by atoms with van der Waals surface area (Å²) in [6.45, 7) is 9.55. The molecular weight excluding hydrogens is 340 g/mol. The van der Waals surface area contributed by atoms with Crippen molar-refractivity contribution in [2.24, 2.45) is 4.99 Å². The number of benzene rings is 1. The number of nitrogens with zero attached hydrogens (tertiary/aromatic N) is 3. The van der Waals surface area contributed by atoms with Crippen LogP contribution in [-0.4, -0.2) is 48.3 Å². The van der Waals surface area contributed by atoms with Crippen molar-refractivity contribution >= 4 is 5.96 Å². The molecule has 1 fully saturated rings. The van der Waals surface area contributed by atoms with Crippen LogP contribution in [0, 0.1) is 13.8 Å². The van der Waals surface area contributed by atoms with E-state index in [4.69, 9.17) is 14.3 Å². The monoisotopic (exact) mass is 370 g/mol. The highest BCUT2D eigenvalue weighted by Crippen LogP contribution is 2.19. The Morgan fingerprint density at radius 3 is 2.63 bits per heavy atom. The van der Waals surface area contributed by atoms with Crippen molar-refractivity contribution in [3.63, 3.8) is 0 Å². The van der Waals surface area contributed by atoms with E-state index in [1.165, 1.54) is 5.56 Å². The van der Waals surface area contributed by atoms with Crippen molar-refractivity contribution < 1.29 is 9.26 Å². The van der Waals surface area contributed by atoms with Gasteiger partial charge in [0.25, 0.3) is 0 Å². The topological polar surface area (TPSA) is 62.9 Å². The number of aliphatic imine (C=N–C) groups is 1. The van der Waals surface area contributed by atoms with E-state index in [2.05, 4.69) is 22.3 Å². The summed E-state index contributed by atoms with van der Waals surface area (Å²) in [5, 5.41) is 7.44. The van der Waals surface area contributed by atoms with Crippen LogP contribution in [0.1, 0.15) is 36.8 Å². The fourth-order valence-electron chi connectivity index (χ4n) is 3.44. The molecule has 2 aromatic rings. The van der Waals surface area contributed by atoms with Crippen LogP contribution < -0.4 is 10.1 Å². The first-order valence-corrected chi connectivity index (χ1v) is 9.84. The molecule has 1 aliphatic heterocycles. The van der Waals surface area contributed by atoms with E-state index in [1.807, 2.05) is 44.2 Å². The van der Waals surface area contributed by atoms with Crippen molar-refractivity contribution in [3.8, 4) is 5.75 Å². The SMILES string of the molecule is CCNC(=NCCc1c(C)noc1C)N1CCC(Oc2ccccc2)CC1. The Morgan fingerprint density at radius 2 is 2.00 bits per heavy atom. The number of para-hydroxylation sites is 1. The summed E-state index contributed by atoms with van der Waals surface area (Å²) in [5.74, 6) is 2.84. The Bertz CT molecular complexity index is 714. The Hall–Kier alpha value is -2.50. The van der Waals surface area contributed by atoms with Crippen LogP contribution in [0.2, 0.25) is 0 Å². The van der Waals surface area contributed by atoms with Gasteiger partial charge in [-0.15, -0.1) is 0 Å². The minimum Gasteiger partial charge on any atom is -0.490 e. The number of hydrogen-bond donors (Lipinski definition) is 1. The molecule has 0 atom stereocenters. The van der Waals surface area contributed by atoms with Crippen molar-refractivity contribution in [3.05, 3.63) is 47.3 Å². The summed E-state index contributed by atoms with van der Waals surface area (Å²) < 4.78 is 11.3. The average Bonchev–Trinajstić information content (AvgIpc) is 3.01. The van der Waals surface area contributed by atoms with Crippen LogP contribution >= 0.6 is 0 Å². The number of rotatable bonds is 6. The van der Waals surface area contributed by atoms with Crippen LogP contribution in [0.4, 0.5) is 0 Å². The van der Waals surface area contributed by atoms with Gasteiger partial charge in [-0.1, -0.05) is 23.4 Å². The maximum Gasteiger partial charge on any atom is 0.193 e. The van der Waals surface area contributed by atoms with Gasteiger partial charge in [-0.25, -0.2) is 0 Å². The van der Waals surface area contributed by atoms with Gasteiger partial charge in [-0.2, -0.15) is 0 Å². The zero-order valence-corrected chi connectivity index (χ0v) is 16.6. The third kappa shape index (κ3) is 5.25. The number of ether oxygens (including phenoxy) is 1. The van der Waals surface area contributed by atoms with Crippen molar-refractivity contribution in [1.82, 2.24) is 15.4 Å². The fourth-order valence-corrected chi connectivity index (χ4v) is 3.44. The first-order chi connectivity index (χ1) is 13.2. The predicted octanol–water partition coefficient (Wildman–Crippen LogP) is 3.34.